The summed E-state index contributed by atoms with van der Waals surface area (Å²) in [6.07, 6.45) is 15.6. The number of hydrogen-bond acceptors (Lipinski definition) is 6. The third-order valence-corrected chi connectivity index (χ3v) is 9.78. The molecule has 194 valence electrons. The van der Waals surface area contributed by atoms with Crippen molar-refractivity contribution in [1.82, 2.24) is 29.7 Å². The van der Waals surface area contributed by atoms with Crippen LogP contribution in [0.4, 0.5) is 5.95 Å². The van der Waals surface area contributed by atoms with Crippen LogP contribution >= 0.6 is 0 Å². The summed E-state index contributed by atoms with van der Waals surface area (Å²) >= 11 is 0. The molecule has 0 radical (unpaired) electrons. The van der Waals surface area contributed by atoms with Gasteiger partial charge in [-0.2, -0.15) is 4.98 Å². The van der Waals surface area contributed by atoms with E-state index in [9.17, 15) is 4.79 Å². The van der Waals surface area contributed by atoms with Crippen LogP contribution in [0.2, 0.25) is 0 Å². The van der Waals surface area contributed by atoms with E-state index in [1.165, 1.54) is 90.5 Å². The summed E-state index contributed by atoms with van der Waals surface area (Å²) in [5, 5.41) is 7.80. The Morgan fingerprint density at radius 2 is 1.78 bits per heavy atom. The van der Waals surface area contributed by atoms with Gasteiger partial charge in [0.1, 0.15) is 11.3 Å². The first-order valence-electron chi connectivity index (χ1n) is 14.6. The summed E-state index contributed by atoms with van der Waals surface area (Å²) in [7, 11) is 0. The van der Waals surface area contributed by atoms with Crippen molar-refractivity contribution < 1.29 is 4.79 Å². The number of carbonyl (C=O) groups is 1. The standard InChI is InChI=1S/C28H41N7O/c36-26-24-16-21-17-29-27(32-25(21)35(24)28(19-30-26)10-2-1-3-11-28)31-22-6-8-23(9-7-22)34-14-12-33(13-15-34)18-20-4-5-20/h16-17,20,22-23H,1-15,18-19H2,(H,30,36)(H,29,31,32)/t22-,23+. The number of rotatable bonds is 5. The first kappa shape index (κ1) is 23.0. The van der Waals surface area contributed by atoms with Gasteiger partial charge in [0.15, 0.2) is 0 Å². The molecule has 0 aromatic carbocycles. The molecule has 3 saturated carbocycles. The van der Waals surface area contributed by atoms with Gasteiger partial charge >= 0.3 is 0 Å². The first-order valence-corrected chi connectivity index (χ1v) is 14.6. The number of anilines is 1. The van der Waals surface area contributed by atoms with E-state index in [0.717, 1.165) is 47.5 Å². The number of nitrogens with one attached hydrogen (secondary N) is 2. The summed E-state index contributed by atoms with van der Waals surface area (Å²) < 4.78 is 2.27. The zero-order valence-corrected chi connectivity index (χ0v) is 21.6. The summed E-state index contributed by atoms with van der Waals surface area (Å²) in [5.41, 5.74) is 1.65. The molecule has 7 rings (SSSR count). The topological polar surface area (TPSA) is 78.3 Å². The molecule has 0 unspecified atom stereocenters. The van der Waals surface area contributed by atoms with Crippen LogP contribution in [0.3, 0.4) is 0 Å². The summed E-state index contributed by atoms with van der Waals surface area (Å²) in [6.45, 7) is 7.04. The summed E-state index contributed by atoms with van der Waals surface area (Å²) in [6, 6.07) is 3.15. The largest absolute Gasteiger partial charge is 0.351 e. The second kappa shape index (κ2) is 9.28. The normalized spacial score (nSPS) is 29.3. The molecule has 2 aromatic heterocycles. The molecule has 2 aromatic rings. The average Bonchev–Trinajstić information content (AvgIpc) is 3.64. The van der Waals surface area contributed by atoms with Gasteiger partial charge in [0.25, 0.3) is 5.91 Å². The van der Waals surface area contributed by atoms with E-state index in [0.29, 0.717) is 12.6 Å². The molecule has 4 heterocycles. The summed E-state index contributed by atoms with van der Waals surface area (Å²) in [5.74, 6) is 1.74. The molecule has 3 aliphatic carbocycles. The smallest absolute Gasteiger partial charge is 0.268 e. The lowest BCUT2D eigenvalue weighted by Crippen LogP contribution is -2.52. The quantitative estimate of drug-likeness (QED) is 0.666. The molecule has 2 aliphatic heterocycles. The minimum Gasteiger partial charge on any atom is -0.351 e. The molecular weight excluding hydrogens is 450 g/mol. The summed E-state index contributed by atoms with van der Waals surface area (Å²) in [4.78, 5) is 27.8. The Hall–Kier alpha value is -2.19. The van der Waals surface area contributed by atoms with Crippen LogP contribution in [0.15, 0.2) is 12.3 Å². The molecular formula is C28H41N7O. The van der Waals surface area contributed by atoms with Gasteiger partial charge in [-0.25, -0.2) is 4.98 Å². The molecule has 1 spiro atoms. The predicted molar refractivity (Wildman–Crippen MR) is 141 cm³/mol. The maximum atomic E-state index is 12.7. The molecule has 4 fully saturated rings. The Kier molecular flexibility index (Phi) is 5.92. The predicted octanol–water partition coefficient (Wildman–Crippen LogP) is 3.58. The zero-order chi connectivity index (χ0) is 24.1. The third kappa shape index (κ3) is 4.30. The van der Waals surface area contributed by atoms with E-state index in [-0.39, 0.29) is 11.4 Å². The molecule has 1 amide bonds. The van der Waals surface area contributed by atoms with E-state index in [1.54, 1.807) is 0 Å². The van der Waals surface area contributed by atoms with E-state index < -0.39 is 0 Å². The lowest BCUT2D eigenvalue weighted by molar-refractivity contribution is 0.0752. The van der Waals surface area contributed by atoms with Gasteiger partial charge in [-0.15, -0.1) is 0 Å². The van der Waals surface area contributed by atoms with E-state index >= 15 is 0 Å². The minimum absolute atomic E-state index is 0.0189. The van der Waals surface area contributed by atoms with Crippen molar-refractivity contribution in [3.8, 4) is 0 Å². The Bertz CT molecular complexity index is 1100. The van der Waals surface area contributed by atoms with Crippen molar-refractivity contribution in [2.45, 2.75) is 88.3 Å². The van der Waals surface area contributed by atoms with Crippen molar-refractivity contribution in [2.24, 2.45) is 5.92 Å². The third-order valence-electron chi connectivity index (χ3n) is 9.78. The SMILES string of the molecule is O=C1NCC2(CCCCC2)n2c1cc1cnc(N[C@H]3CC[C@@H](N4CCN(CC5CC5)CC4)CC3)nc12. The molecule has 5 aliphatic rings. The number of piperazine rings is 1. The number of hydrogen-bond donors (Lipinski definition) is 2. The highest BCUT2D eigenvalue weighted by Crippen LogP contribution is 2.40. The van der Waals surface area contributed by atoms with Crippen LogP contribution in [-0.2, 0) is 5.54 Å². The van der Waals surface area contributed by atoms with Crippen LogP contribution in [0.25, 0.3) is 11.0 Å². The monoisotopic (exact) mass is 491 g/mol. The van der Waals surface area contributed by atoms with Crippen LogP contribution in [0, 0.1) is 5.92 Å². The van der Waals surface area contributed by atoms with Crippen LogP contribution in [-0.4, -0.2) is 81.6 Å². The fourth-order valence-electron chi connectivity index (χ4n) is 7.48. The van der Waals surface area contributed by atoms with E-state index in [4.69, 9.17) is 4.98 Å². The second-order valence-corrected chi connectivity index (χ2v) is 12.2. The fraction of sp³-hybridized carbons (Fsp3) is 0.750. The molecule has 8 heteroatoms. The van der Waals surface area contributed by atoms with Crippen molar-refractivity contribution >= 4 is 22.9 Å². The second-order valence-electron chi connectivity index (χ2n) is 12.2. The van der Waals surface area contributed by atoms with Gasteiger partial charge in [-0.1, -0.05) is 19.3 Å². The van der Waals surface area contributed by atoms with Crippen LogP contribution in [0.5, 0.6) is 0 Å². The Morgan fingerprint density at radius 3 is 2.53 bits per heavy atom. The van der Waals surface area contributed by atoms with Gasteiger partial charge in [-0.3, -0.25) is 9.69 Å². The van der Waals surface area contributed by atoms with Crippen molar-refractivity contribution in [1.29, 1.82) is 0 Å². The maximum Gasteiger partial charge on any atom is 0.268 e. The molecule has 36 heavy (non-hydrogen) atoms. The minimum atomic E-state index is -0.0321. The van der Waals surface area contributed by atoms with Crippen molar-refractivity contribution in [3.63, 3.8) is 0 Å². The average molecular weight is 492 g/mol. The molecule has 2 N–H and O–H groups in total. The lowest BCUT2D eigenvalue weighted by Gasteiger charge is -2.43. The van der Waals surface area contributed by atoms with Crippen LogP contribution in [0.1, 0.15) is 81.1 Å². The van der Waals surface area contributed by atoms with E-state index in [2.05, 4.69) is 30.0 Å². The van der Waals surface area contributed by atoms with Gasteiger partial charge in [0.05, 0.1) is 5.54 Å². The van der Waals surface area contributed by atoms with Gasteiger partial charge in [0.2, 0.25) is 5.95 Å². The first-order chi connectivity index (χ1) is 17.7. The number of fused-ring (bicyclic) bond motifs is 4. The molecule has 8 nitrogen and oxygen atoms in total. The Labute approximate surface area is 214 Å². The van der Waals surface area contributed by atoms with Gasteiger partial charge in [-0.05, 0) is 63.4 Å². The van der Waals surface area contributed by atoms with Gasteiger partial charge in [0, 0.05) is 62.9 Å². The number of aromatic nitrogens is 3. The molecule has 0 atom stereocenters. The number of amides is 1. The molecule has 1 saturated heterocycles. The Balaban J connectivity index is 1.01. The highest BCUT2D eigenvalue weighted by Gasteiger charge is 2.41. The number of nitrogens with zero attached hydrogens (tertiary/aromatic N) is 5. The number of carbonyl (C=O) groups excluding carboxylic acids is 1. The maximum absolute atomic E-state index is 12.7. The zero-order valence-electron chi connectivity index (χ0n) is 21.6. The van der Waals surface area contributed by atoms with E-state index in [1.807, 2.05) is 12.3 Å². The highest BCUT2D eigenvalue weighted by molar-refractivity contribution is 5.99. The molecule has 0 bridgehead atoms. The lowest BCUT2D eigenvalue weighted by atomic mass is 9.80. The van der Waals surface area contributed by atoms with Crippen molar-refractivity contribution in [2.75, 3.05) is 44.6 Å². The fourth-order valence-corrected chi connectivity index (χ4v) is 7.48. The van der Waals surface area contributed by atoms with Crippen molar-refractivity contribution in [3.05, 3.63) is 18.0 Å². The Morgan fingerprint density at radius 1 is 1.00 bits per heavy atom. The highest BCUT2D eigenvalue weighted by atomic mass is 16.2. The van der Waals surface area contributed by atoms with Gasteiger partial charge < -0.3 is 20.1 Å². The van der Waals surface area contributed by atoms with Crippen LogP contribution < -0.4 is 10.6 Å².